The van der Waals surface area contributed by atoms with E-state index in [2.05, 4.69) is 43.2 Å². The third-order valence-electron chi connectivity index (χ3n) is 15.3. The highest BCUT2D eigenvalue weighted by Crippen LogP contribution is 2.37. The second-order valence-corrected chi connectivity index (χ2v) is 23.5. The first-order valence-electron chi connectivity index (χ1n) is 29.2. The van der Waals surface area contributed by atoms with Gasteiger partial charge in [-0.15, -0.1) is 0 Å². The normalized spacial score (nSPS) is 13.8. The first kappa shape index (κ1) is 61.6. The Kier molecular flexibility index (Phi) is 24.4. The maximum Gasteiger partial charge on any atom is 0.254 e. The molecule has 4 heterocycles. The highest BCUT2D eigenvalue weighted by atomic mass is 33.1. The van der Waals surface area contributed by atoms with E-state index in [9.17, 15) is 9.59 Å². The van der Waals surface area contributed by atoms with Gasteiger partial charge in [0.25, 0.3) is 11.8 Å². The summed E-state index contributed by atoms with van der Waals surface area (Å²) < 4.78 is 21.9. The van der Waals surface area contributed by atoms with Crippen LogP contribution in [0.25, 0.3) is 21.8 Å². The van der Waals surface area contributed by atoms with Crippen LogP contribution in [0.2, 0.25) is 0 Å². The molecule has 0 aliphatic carbocycles. The number of hydrogen-bond acceptors (Lipinski definition) is 18. The van der Waals surface area contributed by atoms with E-state index < -0.39 is 0 Å². The molecule has 20 heteroatoms. The number of benzene rings is 4. The van der Waals surface area contributed by atoms with Gasteiger partial charge < -0.3 is 71.3 Å². The van der Waals surface area contributed by atoms with Crippen LogP contribution in [0.5, 0.6) is 23.0 Å². The average molecular weight is 1160 g/mol. The van der Waals surface area contributed by atoms with E-state index in [4.69, 9.17) is 40.4 Å². The zero-order chi connectivity index (χ0) is 57.5. The zero-order valence-electron chi connectivity index (χ0n) is 48.6. The lowest BCUT2D eigenvalue weighted by Crippen LogP contribution is -2.49. The molecular formula is C62H86N12O6S2. The fourth-order valence-corrected chi connectivity index (χ4v) is 12.5. The molecule has 0 atom stereocenters. The Morgan fingerprint density at radius 3 is 1.20 bits per heavy atom. The van der Waals surface area contributed by atoms with Crippen molar-refractivity contribution >= 4 is 78.2 Å². The van der Waals surface area contributed by atoms with Crippen LogP contribution in [-0.2, 0) is 13.1 Å². The first-order valence-corrected chi connectivity index (χ1v) is 31.6. The average Bonchev–Trinajstić information content (AvgIpc) is 3.51. The van der Waals surface area contributed by atoms with Crippen molar-refractivity contribution in [1.82, 2.24) is 41.0 Å². The number of hydrogen-bond donors (Lipinski definition) is 6. The Morgan fingerprint density at radius 2 is 0.817 bits per heavy atom. The van der Waals surface area contributed by atoms with E-state index in [0.29, 0.717) is 99.8 Å². The van der Waals surface area contributed by atoms with Crippen molar-refractivity contribution in [3.63, 3.8) is 0 Å². The van der Waals surface area contributed by atoms with E-state index in [1.807, 2.05) is 104 Å². The topological polar surface area (TPSA) is 210 Å². The number of nitrogens with zero attached hydrogens (tertiary/aromatic N) is 6. The van der Waals surface area contributed by atoms with E-state index in [1.54, 1.807) is 28.4 Å². The van der Waals surface area contributed by atoms with Gasteiger partial charge >= 0.3 is 0 Å². The second kappa shape index (κ2) is 32.4. The zero-order valence-corrected chi connectivity index (χ0v) is 50.2. The van der Waals surface area contributed by atoms with Crippen LogP contribution in [0.4, 0.5) is 23.0 Å². The Labute approximate surface area is 492 Å². The molecule has 2 saturated heterocycles. The van der Waals surface area contributed by atoms with Gasteiger partial charge in [-0.2, -0.15) is 0 Å². The van der Waals surface area contributed by atoms with Gasteiger partial charge in [0.1, 0.15) is 11.6 Å². The third kappa shape index (κ3) is 17.1. The largest absolute Gasteiger partial charge is 0.493 e. The summed E-state index contributed by atoms with van der Waals surface area (Å²) in [6.45, 7) is 12.5. The van der Waals surface area contributed by atoms with E-state index >= 15 is 0 Å². The van der Waals surface area contributed by atoms with Gasteiger partial charge in [-0.25, -0.2) is 9.97 Å². The molecule has 2 aliphatic heterocycles. The quantitative estimate of drug-likeness (QED) is 0.0169. The minimum atomic E-state index is 0.0743. The molecule has 6 aromatic rings. The smallest absolute Gasteiger partial charge is 0.254 e. The molecule has 4 aromatic carbocycles. The van der Waals surface area contributed by atoms with Crippen molar-refractivity contribution in [3.05, 3.63) is 107 Å². The molecule has 2 aromatic heterocycles. The lowest BCUT2D eigenvalue weighted by Gasteiger charge is -2.36. The number of anilines is 4. The molecule has 0 radical (unpaired) electrons. The van der Waals surface area contributed by atoms with Gasteiger partial charge in [0, 0.05) is 148 Å². The number of nitrogens with two attached hydrogens (primary N) is 2. The number of piperazine rings is 2. The van der Waals surface area contributed by atoms with Crippen LogP contribution in [-0.4, -0.2) is 163 Å². The van der Waals surface area contributed by atoms with E-state index in [-0.39, 0.29) is 11.8 Å². The number of nitrogens with one attached hydrogen (secondary N) is 4. The minimum absolute atomic E-state index is 0.0743. The van der Waals surface area contributed by atoms with Crippen molar-refractivity contribution in [1.29, 1.82) is 0 Å². The van der Waals surface area contributed by atoms with Gasteiger partial charge in [0.05, 0.1) is 39.5 Å². The predicted molar refractivity (Wildman–Crippen MR) is 339 cm³/mol. The van der Waals surface area contributed by atoms with Crippen molar-refractivity contribution in [3.8, 4) is 23.0 Å². The van der Waals surface area contributed by atoms with Crippen LogP contribution in [0.3, 0.4) is 0 Å². The number of carbonyl (C=O) groups is 2. The number of ether oxygens (including phenoxy) is 4. The number of nitrogen functional groups attached to an aromatic ring is 2. The van der Waals surface area contributed by atoms with Crippen LogP contribution in [0, 0.1) is 0 Å². The molecule has 2 fully saturated rings. The molecule has 8 N–H and O–H groups in total. The molecule has 8 rings (SSSR count). The Morgan fingerprint density at radius 1 is 0.463 bits per heavy atom. The van der Waals surface area contributed by atoms with Gasteiger partial charge in [-0.3, -0.25) is 9.59 Å². The number of aromatic nitrogens is 2. The Balaban J connectivity index is 0.586. The summed E-state index contributed by atoms with van der Waals surface area (Å²) >= 11 is 0. The standard InChI is InChI=1S/C62H86N12O6S2/c1-77-55-37-49-51(63)39-59(69-53(49)41-57(55)79-3)71-27-31-73(32-28-71)61(75)47-19-11-9-17-45(47)43-67-23-15-7-5-13-21-65-25-35-81-82-36-26-66-22-14-6-8-16-24-68-44-46-18-10-12-20-48(46)62(76)74-33-29-72(30-34-74)60-40-52(64)50-38-56(78-2)58(80-4)42-54(50)70-60/h9-12,17-20,37-42,65-68H,5-8,13-16,21-36,43-44H2,1-4H3,(H2,63,69)(H2,64,70). The lowest BCUT2D eigenvalue weighted by atomic mass is 10.1. The molecule has 82 heavy (non-hydrogen) atoms. The van der Waals surface area contributed by atoms with Crippen LogP contribution in [0.1, 0.15) is 83.2 Å². The maximum absolute atomic E-state index is 13.8. The molecule has 2 aliphatic rings. The molecule has 0 spiro atoms. The number of unbranched alkanes of at least 4 members (excludes halogenated alkanes) is 6. The summed E-state index contributed by atoms with van der Waals surface area (Å²) in [5, 5.41) is 16.0. The Bertz CT molecular complexity index is 2800. The lowest BCUT2D eigenvalue weighted by molar-refractivity contribution is 0.0737. The summed E-state index contributed by atoms with van der Waals surface area (Å²) in [4.78, 5) is 45.6. The van der Waals surface area contributed by atoms with Crippen LogP contribution < -0.4 is 61.5 Å². The van der Waals surface area contributed by atoms with Crippen molar-refractivity contribution in [2.45, 2.75) is 64.5 Å². The van der Waals surface area contributed by atoms with Crippen molar-refractivity contribution in [2.24, 2.45) is 0 Å². The summed E-state index contributed by atoms with van der Waals surface area (Å²) in [7, 11) is 10.3. The molecule has 442 valence electrons. The summed E-state index contributed by atoms with van der Waals surface area (Å²) in [6.07, 6.45) is 9.41. The molecule has 18 nitrogen and oxygen atoms in total. The van der Waals surface area contributed by atoms with E-state index in [1.165, 1.54) is 38.5 Å². The third-order valence-corrected chi connectivity index (χ3v) is 17.7. The van der Waals surface area contributed by atoms with E-state index in [0.717, 1.165) is 119 Å². The Hall–Kier alpha value is -6.42. The predicted octanol–water partition coefficient (Wildman–Crippen LogP) is 8.47. The molecular weight excluding hydrogens is 1070 g/mol. The van der Waals surface area contributed by atoms with Gasteiger partial charge in [0.2, 0.25) is 0 Å². The highest BCUT2D eigenvalue weighted by Gasteiger charge is 2.27. The summed E-state index contributed by atoms with van der Waals surface area (Å²) in [5.74, 6) is 6.40. The fraction of sp³-hybridized carbons (Fsp3) is 0.484. The van der Waals surface area contributed by atoms with Crippen molar-refractivity contribution in [2.75, 3.05) is 153 Å². The molecule has 0 bridgehead atoms. The molecule has 0 saturated carbocycles. The maximum atomic E-state index is 13.8. The number of methoxy groups -OCH3 is 4. The van der Waals surface area contributed by atoms with Gasteiger partial charge in [0.15, 0.2) is 23.0 Å². The number of pyridine rings is 2. The van der Waals surface area contributed by atoms with Crippen LogP contribution >= 0.6 is 21.6 Å². The number of carbonyl (C=O) groups excluding carboxylic acids is 2. The van der Waals surface area contributed by atoms with Gasteiger partial charge in [-0.1, -0.05) is 83.7 Å². The molecule has 2 amide bonds. The first-order chi connectivity index (χ1) is 40.2. The number of amides is 2. The summed E-state index contributed by atoms with van der Waals surface area (Å²) in [6, 6.07) is 27.2. The van der Waals surface area contributed by atoms with Gasteiger partial charge in [-0.05, 0) is 87.3 Å². The second-order valence-electron chi connectivity index (χ2n) is 20.8. The minimum Gasteiger partial charge on any atom is -0.493 e. The van der Waals surface area contributed by atoms with Crippen molar-refractivity contribution < 1.29 is 28.5 Å². The monoisotopic (exact) mass is 1160 g/mol. The summed E-state index contributed by atoms with van der Waals surface area (Å²) in [5.41, 5.74) is 19.3. The SMILES string of the molecule is COc1cc2nc(N3CCN(C(=O)c4ccccc4CNCCCCCCNCCSSCCNCCCCCCNCc4ccccc4C(=O)N4CCN(c5cc(N)c6cc(OC)c(OC)cc6n5)CC4)CC3)cc(N)c2cc1OC. The molecule has 0 unspecified atom stereocenters. The highest BCUT2D eigenvalue weighted by molar-refractivity contribution is 8.76. The number of rotatable bonds is 33. The van der Waals surface area contributed by atoms with Crippen LogP contribution in [0.15, 0.2) is 84.9 Å². The fourth-order valence-electron chi connectivity index (χ4n) is 10.6. The number of fused-ring (bicyclic) bond motifs is 2.